The normalized spacial score (nSPS) is 14.0. The number of carbonyl (C=O) groups excluding carboxylic acids is 3. The maximum atomic E-state index is 13.0. The van der Waals surface area contributed by atoms with Crippen LogP contribution in [0, 0.1) is 5.92 Å². The van der Waals surface area contributed by atoms with Crippen molar-refractivity contribution in [2.24, 2.45) is 5.92 Å². The zero-order valence-corrected chi connectivity index (χ0v) is 20.2. The van der Waals surface area contributed by atoms with Gasteiger partial charge in [-0.1, -0.05) is 80.9 Å². The summed E-state index contributed by atoms with van der Waals surface area (Å²) < 4.78 is 5.13. The van der Waals surface area contributed by atoms with Crippen LogP contribution in [-0.2, 0) is 32.1 Å². The van der Waals surface area contributed by atoms with Crippen LogP contribution in [0.1, 0.15) is 38.3 Å². The Morgan fingerprint density at radius 2 is 1.40 bits per heavy atom. The molecule has 2 rings (SSSR count). The Morgan fingerprint density at radius 3 is 1.94 bits per heavy atom. The summed E-state index contributed by atoms with van der Waals surface area (Å²) in [5.74, 6) is -2.64. The van der Waals surface area contributed by atoms with Crippen molar-refractivity contribution >= 4 is 23.9 Å². The van der Waals surface area contributed by atoms with Crippen LogP contribution in [0.5, 0.6) is 0 Å². The number of rotatable bonds is 12. The Balaban J connectivity index is 1.96. The fraction of sp³-hybridized carbons (Fsp3) is 0.385. The van der Waals surface area contributed by atoms with Gasteiger partial charge in [0.2, 0.25) is 11.8 Å². The molecule has 0 fully saturated rings. The summed E-state index contributed by atoms with van der Waals surface area (Å²) in [6.07, 6.45) is -0.0980. The van der Waals surface area contributed by atoms with E-state index >= 15 is 0 Å². The second-order valence-corrected chi connectivity index (χ2v) is 8.39. The molecule has 0 aliphatic heterocycles. The number of carbonyl (C=O) groups is 4. The fourth-order valence-electron chi connectivity index (χ4n) is 3.30. The highest BCUT2D eigenvalue weighted by molar-refractivity contribution is 5.92. The summed E-state index contributed by atoms with van der Waals surface area (Å²) in [5, 5.41) is 17.2. The molecule has 9 nitrogen and oxygen atoms in total. The number of hydrogen-bond donors (Lipinski definition) is 4. The summed E-state index contributed by atoms with van der Waals surface area (Å²) in [7, 11) is 0. The van der Waals surface area contributed by atoms with Crippen molar-refractivity contribution < 1.29 is 29.0 Å². The van der Waals surface area contributed by atoms with Gasteiger partial charge in [-0.2, -0.15) is 0 Å². The highest BCUT2D eigenvalue weighted by Crippen LogP contribution is 2.10. The van der Waals surface area contributed by atoms with E-state index in [2.05, 4.69) is 16.0 Å². The first-order chi connectivity index (χ1) is 16.7. The molecule has 3 amide bonds. The summed E-state index contributed by atoms with van der Waals surface area (Å²) in [6, 6.07) is 14.9. The third kappa shape index (κ3) is 9.11. The van der Waals surface area contributed by atoms with Crippen LogP contribution < -0.4 is 16.0 Å². The minimum atomic E-state index is -1.17. The van der Waals surface area contributed by atoms with E-state index in [0.717, 1.165) is 11.1 Å². The molecule has 0 unspecified atom stereocenters. The fourth-order valence-corrected chi connectivity index (χ4v) is 3.30. The van der Waals surface area contributed by atoms with Gasteiger partial charge in [-0.05, 0) is 24.0 Å². The van der Waals surface area contributed by atoms with Crippen molar-refractivity contribution in [3.05, 3.63) is 71.8 Å². The van der Waals surface area contributed by atoms with Gasteiger partial charge in [0.1, 0.15) is 24.7 Å². The number of alkyl carbamates (subject to hydrolysis) is 1. The van der Waals surface area contributed by atoms with Crippen LogP contribution in [0.3, 0.4) is 0 Å². The second-order valence-electron chi connectivity index (χ2n) is 8.39. The largest absolute Gasteiger partial charge is 0.480 e. The Bertz CT molecular complexity index is 983. The smallest absolute Gasteiger partial charge is 0.408 e. The Kier molecular flexibility index (Phi) is 10.7. The molecule has 0 heterocycles. The maximum absolute atomic E-state index is 13.0. The molecule has 2 aromatic rings. The van der Waals surface area contributed by atoms with E-state index in [4.69, 9.17) is 4.74 Å². The predicted octanol–water partition coefficient (Wildman–Crippen LogP) is 2.64. The van der Waals surface area contributed by atoms with Gasteiger partial charge in [0, 0.05) is 6.42 Å². The Hall–Kier alpha value is -3.88. The van der Waals surface area contributed by atoms with Crippen molar-refractivity contribution in [3.8, 4) is 0 Å². The molecule has 0 bridgehead atoms. The van der Waals surface area contributed by atoms with Crippen molar-refractivity contribution in [1.82, 2.24) is 16.0 Å². The highest BCUT2D eigenvalue weighted by Gasteiger charge is 2.31. The SMILES string of the molecule is CC[C@H](C)[C@H](NC(=O)[C@H](C)NC(=O)OCc1ccccc1)C(=O)N[C@@H](Cc1ccccc1)C(=O)O. The van der Waals surface area contributed by atoms with E-state index in [0.29, 0.717) is 6.42 Å². The lowest BCUT2D eigenvalue weighted by molar-refractivity contribution is -0.142. The van der Waals surface area contributed by atoms with E-state index in [-0.39, 0.29) is 18.9 Å². The third-order valence-electron chi connectivity index (χ3n) is 5.63. The minimum absolute atomic E-state index is 0.0525. The van der Waals surface area contributed by atoms with Crippen LogP contribution in [0.15, 0.2) is 60.7 Å². The molecule has 0 saturated heterocycles. The molecular weight excluding hydrogens is 450 g/mol. The Morgan fingerprint density at radius 1 is 0.829 bits per heavy atom. The van der Waals surface area contributed by atoms with Crippen molar-refractivity contribution in [3.63, 3.8) is 0 Å². The first-order valence-corrected chi connectivity index (χ1v) is 11.6. The molecular formula is C26H33N3O6. The van der Waals surface area contributed by atoms with Crippen molar-refractivity contribution in [2.45, 2.75) is 58.3 Å². The molecule has 0 aliphatic carbocycles. The third-order valence-corrected chi connectivity index (χ3v) is 5.63. The van der Waals surface area contributed by atoms with Crippen molar-refractivity contribution in [1.29, 1.82) is 0 Å². The van der Waals surface area contributed by atoms with E-state index in [1.165, 1.54) is 6.92 Å². The van der Waals surface area contributed by atoms with Gasteiger partial charge < -0.3 is 25.8 Å². The molecule has 35 heavy (non-hydrogen) atoms. The average molecular weight is 484 g/mol. The topological polar surface area (TPSA) is 134 Å². The standard InChI is InChI=1S/C26H33N3O6/c1-4-17(2)22(24(31)28-21(25(32)33)15-19-11-7-5-8-12-19)29-23(30)18(3)27-26(34)35-16-20-13-9-6-10-14-20/h5-14,17-18,21-22H,4,15-16H2,1-3H3,(H,27,34)(H,28,31)(H,29,30)(H,32,33)/t17-,18-,21-,22-/m0/s1. The van der Waals surface area contributed by atoms with Crippen LogP contribution in [0.2, 0.25) is 0 Å². The number of nitrogens with one attached hydrogen (secondary N) is 3. The van der Waals surface area contributed by atoms with Gasteiger partial charge in [0.25, 0.3) is 0 Å². The minimum Gasteiger partial charge on any atom is -0.480 e. The summed E-state index contributed by atoms with van der Waals surface area (Å²) in [4.78, 5) is 49.5. The van der Waals surface area contributed by atoms with Crippen LogP contribution in [-0.4, -0.2) is 47.1 Å². The molecule has 4 atom stereocenters. The summed E-state index contributed by atoms with van der Waals surface area (Å²) in [5.41, 5.74) is 1.56. The highest BCUT2D eigenvalue weighted by atomic mass is 16.5. The lowest BCUT2D eigenvalue weighted by Crippen LogP contribution is -2.57. The molecule has 188 valence electrons. The average Bonchev–Trinajstić information content (AvgIpc) is 2.86. The van der Waals surface area contributed by atoms with Crippen LogP contribution in [0.25, 0.3) is 0 Å². The number of hydrogen-bond acceptors (Lipinski definition) is 5. The number of carboxylic acid groups (broad SMARTS) is 1. The number of ether oxygens (including phenoxy) is 1. The van der Waals surface area contributed by atoms with Gasteiger partial charge in [0.15, 0.2) is 0 Å². The van der Waals surface area contributed by atoms with Gasteiger partial charge in [-0.3, -0.25) is 9.59 Å². The maximum Gasteiger partial charge on any atom is 0.408 e. The van der Waals surface area contributed by atoms with Gasteiger partial charge in [0.05, 0.1) is 0 Å². The zero-order chi connectivity index (χ0) is 25.8. The molecule has 0 saturated carbocycles. The number of aliphatic carboxylic acids is 1. The zero-order valence-electron chi connectivity index (χ0n) is 20.2. The quantitative estimate of drug-likeness (QED) is 0.367. The van der Waals surface area contributed by atoms with E-state index in [9.17, 15) is 24.3 Å². The first kappa shape index (κ1) is 27.4. The van der Waals surface area contributed by atoms with Crippen molar-refractivity contribution in [2.75, 3.05) is 0 Å². The molecule has 0 radical (unpaired) electrons. The molecule has 0 aliphatic rings. The lowest BCUT2D eigenvalue weighted by atomic mass is 9.97. The van der Waals surface area contributed by atoms with E-state index in [1.807, 2.05) is 31.2 Å². The number of benzene rings is 2. The van der Waals surface area contributed by atoms with E-state index < -0.39 is 42.0 Å². The monoisotopic (exact) mass is 483 g/mol. The number of carboxylic acids is 1. The molecule has 0 spiro atoms. The molecule has 4 N–H and O–H groups in total. The predicted molar refractivity (Wildman–Crippen MR) is 130 cm³/mol. The summed E-state index contributed by atoms with van der Waals surface area (Å²) >= 11 is 0. The molecule has 9 heteroatoms. The van der Waals surface area contributed by atoms with Crippen LogP contribution >= 0.6 is 0 Å². The van der Waals surface area contributed by atoms with Gasteiger partial charge in [-0.25, -0.2) is 9.59 Å². The first-order valence-electron chi connectivity index (χ1n) is 11.6. The lowest BCUT2D eigenvalue weighted by Gasteiger charge is -2.27. The van der Waals surface area contributed by atoms with E-state index in [1.54, 1.807) is 43.3 Å². The molecule has 2 aromatic carbocycles. The number of amides is 3. The van der Waals surface area contributed by atoms with Gasteiger partial charge >= 0.3 is 12.1 Å². The van der Waals surface area contributed by atoms with Gasteiger partial charge in [-0.15, -0.1) is 0 Å². The second kappa shape index (κ2) is 13.7. The summed E-state index contributed by atoms with van der Waals surface area (Å²) in [6.45, 7) is 5.17. The Labute approximate surface area is 205 Å². The molecule has 0 aromatic heterocycles. The van der Waals surface area contributed by atoms with Crippen LogP contribution in [0.4, 0.5) is 4.79 Å².